The molecular formula is C16H14O6. The van der Waals surface area contributed by atoms with Crippen molar-refractivity contribution in [3.8, 4) is 0 Å². The Morgan fingerprint density at radius 1 is 0.818 bits per heavy atom. The first-order chi connectivity index (χ1) is 10.6. The van der Waals surface area contributed by atoms with E-state index in [1.165, 1.54) is 12.2 Å². The summed E-state index contributed by atoms with van der Waals surface area (Å²) in [4.78, 5) is 46.2. The summed E-state index contributed by atoms with van der Waals surface area (Å²) in [6.45, 7) is -0.369. The summed E-state index contributed by atoms with van der Waals surface area (Å²) in [5.74, 6) is -2.12. The molecule has 2 aliphatic carbocycles. The van der Waals surface area contributed by atoms with Crippen molar-refractivity contribution in [2.75, 3.05) is 13.2 Å². The predicted molar refractivity (Wildman–Crippen MR) is 75.6 cm³/mol. The number of ether oxygens (including phenoxy) is 2. The molecule has 0 spiro atoms. The van der Waals surface area contributed by atoms with Crippen LogP contribution in [0.5, 0.6) is 0 Å². The van der Waals surface area contributed by atoms with Crippen LogP contribution in [0.25, 0.3) is 0 Å². The number of allylic oxidation sites excluding steroid dienone is 6. The first-order valence-electron chi connectivity index (χ1n) is 6.74. The van der Waals surface area contributed by atoms with Gasteiger partial charge in [0.25, 0.3) is 0 Å². The number of esters is 2. The van der Waals surface area contributed by atoms with E-state index in [0.717, 1.165) is 0 Å². The molecule has 0 aliphatic heterocycles. The minimum Gasteiger partial charge on any atom is -0.458 e. The Kier molecular flexibility index (Phi) is 5.19. The van der Waals surface area contributed by atoms with Gasteiger partial charge in [0.1, 0.15) is 24.4 Å². The first kappa shape index (κ1) is 15.6. The Bertz CT molecular complexity index is 577. The van der Waals surface area contributed by atoms with Crippen LogP contribution in [0.3, 0.4) is 0 Å². The van der Waals surface area contributed by atoms with Crippen molar-refractivity contribution >= 4 is 23.5 Å². The third-order valence-corrected chi connectivity index (χ3v) is 2.99. The summed E-state index contributed by atoms with van der Waals surface area (Å²) in [6.07, 6.45) is 9.60. The fourth-order valence-electron chi connectivity index (χ4n) is 1.87. The third kappa shape index (κ3) is 3.88. The quantitative estimate of drug-likeness (QED) is 0.427. The van der Waals surface area contributed by atoms with Gasteiger partial charge in [0.05, 0.1) is 0 Å². The maximum atomic E-state index is 11.6. The minimum absolute atomic E-state index is 0.0240. The molecule has 0 N–H and O–H groups in total. The van der Waals surface area contributed by atoms with E-state index in [-0.39, 0.29) is 48.8 Å². The van der Waals surface area contributed by atoms with Crippen LogP contribution < -0.4 is 0 Å². The summed E-state index contributed by atoms with van der Waals surface area (Å²) in [5, 5.41) is 0. The van der Waals surface area contributed by atoms with Crippen molar-refractivity contribution in [1.29, 1.82) is 0 Å². The molecule has 6 nitrogen and oxygen atoms in total. The molecule has 0 unspecified atom stereocenters. The SMILES string of the molecule is O=C1CC=CC=C1C(=O)OCCOC(=O)C1=CC=CCC1=O. The summed E-state index contributed by atoms with van der Waals surface area (Å²) < 4.78 is 9.72. The number of ketones is 2. The van der Waals surface area contributed by atoms with Gasteiger partial charge in [-0.05, 0) is 12.2 Å². The molecule has 0 fully saturated rings. The number of rotatable bonds is 5. The summed E-state index contributed by atoms with van der Waals surface area (Å²) >= 11 is 0. The van der Waals surface area contributed by atoms with Gasteiger partial charge in [0.2, 0.25) is 0 Å². The maximum Gasteiger partial charge on any atom is 0.341 e. The number of hydrogen-bond donors (Lipinski definition) is 0. The Labute approximate surface area is 126 Å². The van der Waals surface area contributed by atoms with Crippen molar-refractivity contribution in [3.63, 3.8) is 0 Å². The van der Waals surface area contributed by atoms with Crippen LogP contribution in [-0.2, 0) is 28.7 Å². The molecule has 0 saturated carbocycles. The zero-order valence-electron chi connectivity index (χ0n) is 11.7. The average Bonchev–Trinajstić information content (AvgIpc) is 2.52. The monoisotopic (exact) mass is 302 g/mol. The zero-order valence-corrected chi connectivity index (χ0v) is 11.7. The lowest BCUT2D eigenvalue weighted by atomic mass is 10.0. The highest BCUT2D eigenvalue weighted by Crippen LogP contribution is 2.11. The topological polar surface area (TPSA) is 86.7 Å². The van der Waals surface area contributed by atoms with Crippen LogP contribution in [0, 0.1) is 0 Å². The van der Waals surface area contributed by atoms with E-state index in [0.29, 0.717) is 0 Å². The van der Waals surface area contributed by atoms with Crippen LogP contribution in [0.15, 0.2) is 47.6 Å². The molecule has 2 rings (SSSR count). The Balaban J connectivity index is 1.75. The molecule has 0 aromatic carbocycles. The maximum absolute atomic E-state index is 11.6. The molecule has 0 heterocycles. The van der Waals surface area contributed by atoms with Crippen molar-refractivity contribution in [3.05, 3.63) is 47.6 Å². The van der Waals surface area contributed by atoms with E-state index in [9.17, 15) is 19.2 Å². The Morgan fingerprint density at radius 3 is 1.59 bits per heavy atom. The van der Waals surface area contributed by atoms with Crippen LogP contribution in [-0.4, -0.2) is 36.7 Å². The molecule has 0 bridgehead atoms. The lowest BCUT2D eigenvalue weighted by Crippen LogP contribution is -2.21. The van der Waals surface area contributed by atoms with Gasteiger partial charge in [-0.15, -0.1) is 0 Å². The van der Waals surface area contributed by atoms with E-state index >= 15 is 0 Å². The van der Waals surface area contributed by atoms with Gasteiger partial charge in [0, 0.05) is 12.8 Å². The van der Waals surface area contributed by atoms with E-state index < -0.39 is 11.9 Å². The van der Waals surface area contributed by atoms with E-state index in [1.54, 1.807) is 24.3 Å². The van der Waals surface area contributed by atoms with Gasteiger partial charge < -0.3 is 9.47 Å². The van der Waals surface area contributed by atoms with Crippen LogP contribution in [0.4, 0.5) is 0 Å². The predicted octanol–water partition coefficient (Wildman–Crippen LogP) is 0.984. The normalized spacial score (nSPS) is 16.9. The first-order valence-corrected chi connectivity index (χ1v) is 6.74. The summed E-state index contributed by atoms with van der Waals surface area (Å²) in [7, 11) is 0. The molecule has 0 saturated heterocycles. The highest BCUT2D eigenvalue weighted by atomic mass is 16.6. The molecule has 6 heteroatoms. The fraction of sp³-hybridized carbons (Fsp3) is 0.250. The van der Waals surface area contributed by atoms with Crippen molar-refractivity contribution in [2.45, 2.75) is 12.8 Å². The molecule has 0 amide bonds. The molecule has 0 atom stereocenters. The van der Waals surface area contributed by atoms with Crippen molar-refractivity contribution < 1.29 is 28.7 Å². The summed E-state index contributed by atoms with van der Waals surface area (Å²) in [5.41, 5.74) is -0.0479. The number of carbonyl (C=O) groups is 4. The lowest BCUT2D eigenvalue weighted by Gasteiger charge is -2.10. The van der Waals surface area contributed by atoms with Crippen LogP contribution in [0.1, 0.15) is 12.8 Å². The largest absolute Gasteiger partial charge is 0.458 e. The van der Waals surface area contributed by atoms with Crippen molar-refractivity contribution in [2.24, 2.45) is 0 Å². The van der Waals surface area contributed by atoms with E-state index in [4.69, 9.17) is 9.47 Å². The minimum atomic E-state index is -0.749. The number of Topliss-reactive ketones (excluding diaryl/α,β-unsaturated/α-hetero) is 2. The average molecular weight is 302 g/mol. The van der Waals surface area contributed by atoms with E-state index in [2.05, 4.69) is 0 Å². The third-order valence-electron chi connectivity index (χ3n) is 2.99. The highest BCUT2D eigenvalue weighted by Gasteiger charge is 2.21. The molecule has 0 aromatic rings. The Morgan fingerprint density at radius 2 is 1.23 bits per heavy atom. The van der Waals surface area contributed by atoms with Gasteiger partial charge >= 0.3 is 11.9 Å². The van der Waals surface area contributed by atoms with E-state index in [1.807, 2.05) is 0 Å². The van der Waals surface area contributed by atoms with Gasteiger partial charge in [-0.3, -0.25) is 9.59 Å². The van der Waals surface area contributed by atoms with Gasteiger partial charge in [-0.2, -0.15) is 0 Å². The second-order valence-electron chi connectivity index (χ2n) is 4.54. The molecule has 114 valence electrons. The Hall–Kier alpha value is -2.76. The molecule has 22 heavy (non-hydrogen) atoms. The molecule has 2 aliphatic rings. The van der Waals surface area contributed by atoms with Crippen molar-refractivity contribution in [1.82, 2.24) is 0 Å². The van der Waals surface area contributed by atoms with Crippen LogP contribution in [0.2, 0.25) is 0 Å². The second-order valence-corrected chi connectivity index (χ2v) is 4.54. The zero-order chi connectivity index (χ0) is 15.9. The van der Waals surface area contributed by atoms with Gasteiger partial charge in [-0.25, -0.2) is 9.59 Å². The lowest BCUT2D eigenvalue weighted by molar-refractivity contribution is -0.148. The smallest absolute Gasteiger partial charge is 0.341 e. The molecular weight excluding hydrogens is 288 g/mol. The van der Waals surface area contributed by atoms with Gasteiger partial charge in [-0.1, -0.05) is 24.3 Å². The van der Waals surface area contributed by atoms with Gasteiger partial charge in [0.15, 0.2) is 11.6 Å². The molecule has 0 radical (unpaired) electrons. The number of hydrogen-bond acceptors (Lipinski definition) is 6. The highest BCUT2D eigenvalue weighted by molar-refractivity contribution is 6.19. The number of carbonyl (C=O) groups excluding carboxylic acids is 4. The summed E-state index contributed by atoms with van der Waals surface area (Å²) in [6, 6.07) is 0. The molecule has 0 aromatic heterocycles. The fourth-order valence-corrected chi connectivity index (χ4v) is 1.87. The van der Waals surface area contributed by atoms with Crippen LogP contribution >= 0.6 is 0 Å². The standard InChI is InChI=1S/C16H14O6/c17-13-7-3-1-5-11(13)15(19)21-9-10-22-16(20)12-6-2-4-8-14(12)18/h1-6H,7-10H2. The second kappa shape index (κ2) is 7.31.